The maximum Gasteiger partial charge on any atom is 0.109 e. The van der Waals surface area contributed by atoms with Crippen LogP contribution in [0, 0.1) is 5.92 Å². The van der Waals surface area contributed by atoms with Gasteiger partial charge in [0.2, 0.25) is 0 Å². The van der Waals surface area contributed by atoms with Gasteiger partial charge in [-0.1, -0.05) is 48.5 Å². The zero-order chi connectivity index (χ0) is 17.6. The van der Waals surface area contributed by atoms with Gasteiger partial charge in [-0.2, -0.15) is 0 Å². The third kappa shape index (κ3) is 2.92. The lowest BCUT2D eigenvalue weighted by Crippen LogP contribution is -2.46. The monoisotopic (exact) mass is 336 g/mol. The molecule has 3 aliphatic rings. The van der Waals surface area contributed by atoms with Crippen molar-refractivity contribution >= 4 is 0 Å². The van der Waals surface area contributed by atoms with E-state index in [0.29, 0.717) is 23.8 Å². The summed E-state index contributed by atoms with van der Waals surface area (Å²) < 4.78 is 7.18. The van der Waals surface area contributed by atoms with Crippen molar-refractivity contribution in [1.29, 1.82) is 0 Å². The van der Waals surface area contributed by atoms with Crippen LogP contribution >= 0.6 is 0 Å². The molecule has 0 saturated heterocycles. The van der Waals surface area contributed by atoms with Crippen LogP contribution in [0.1, 0.15) is 47.4 Å². The molecule has 2 bridgehead atoms. The first-order valence-corrected chi connectivity index (χ1v) is 9.53. The molecule has 2 nitrogen and oxygen atoms in total. The maximum absolute atomic E-state index is 6.23. The van der Waals surface area contributed by atoms with E-state index in [-0.39, 0.29) is 0 Å². The largest absolute Gasteiger partial charge is 0.375 e. The van der Waals surface area contributed by atoms with E-state index in [4.69, 9.17) is 4.74 Å². The number of nitrogens with zero attached hydrogens (tertiary/aromatic N) is 1. The average Bonchev–Trinajstić information content (AvgIpc) is 2.61. The van der Waals surface area contributed by atoms with Crippen molar-refractivity contribution in [3.05, 3.63) is 70.8 Å². The summed E-state index contributed by atoms with van der Waals surface area (Å²) in [5.74, 6) is 1.63. The molecule has 0 spiro atoms. The van der Waals surface area contributed by atoms with E-state index in [0.717, 1.165) is 17.7 Å². The number of rotatable bonds is 5. The van der Waals surface area contributed by atoms with Gasteiger partial charge in [-0.05, 0) is 41.5 Å². The highest BCUT2D eigenvalue weighted by molar-refractivity contribution is 5.55. The summed E-state index contributed by atoms with van der Waals surface area (Å²) in [5, 5.41) is 0. The molecule has 2 aromatic carbocycles. The summed E-state index contributed by atoms with van der Waals surface area (Å²) in [6.45, 7) is 3.98. The minimum atomic E-state index is 0.497. The molecular formula is C23H30NO+. The van der Waals surface area contributed by atoms with E-state index in [2.05, 4.69) is 76.6 Å². The van der Waals surface area contributed by atoms with Crippen molar-refractivity contribution in [2.24, 2.45) is 5.92 Å². The first-order valence-electron chi connectivity index (χ1n) is 9.53. The predicted molar refractivity (Wildman–Crippen MR) is 103 cm³/mol. The molecule has 0 fully saturated rings. The Morgan fingerprint density at radius 3 is 1.96 bits per heavy atom. The summed E-state index contributed by atoms with van der Waals surface area (Å²) in [6.07, 6.45) is 1.22. The quantitative estimate of drug-likeness (QED) is 0.736. The second-order valence-electron chi connectivity index (χ2n) is 8.79. The first kappa shape index (κ1) is 16.8. The van der Waals surface area contributed by atoms with E-state index in [1.54, 1.807) is 11.1 Å². The van der Waals surface area contributed by atoms with Crippen molar-refractivity contribution < 1.29 is 9.22 Å². The maximum atomic E-state index is 6.23. The van der Waals surface area contributed by atoms with Gasteiger partial charge in [-0.25, -0.2) is 0 Å². The standard InChI is InChI=1S/C23H30NO/c1-16(24(2,3)4)14-25-15-17-13-22-18-9-5-7-11-20(18)23(17)21-12-8-6-10-19(21)22/h5-12,16-17,22-23H,13-15H2,1-4H3/q+1. The number of ether oxygens (including phenoxy) is 1. The van der Waals surface area contributed by atoms with Gasteiger partial charge in [0.1, 0.15) is 6.04 Å². The van der Waals surface area contributed by atoms with Crippen LogP contribution in [0.25, 0.3) is 0 Å². The molecule has 2 heteroatoms. The molecule has 3 aliphatic carbocycles. The first-order chi connectivity index (χ1) is 12.0. The Hall–Kier alpha value is -1.64. The van der Waals surface area contributed by atoms with E-state index in [1.807, 2.05) is 0 Å². The molecule has 5 rings (SSSR count). The van der Waals surface area contributed by atoms with Gasteiger partial charge in [0.25, 0.3) is 0 Å². The summed E-state index contributed by atoms with van der Waals surface area (Å²) >= 11 is 0. The number of benzene rings is 2. The zero-order valence-electron chi connectivity index (χ0n) is 15.9. The Morgan fingerprint density at radius 1 is 0.920 bits per heavy atom. The predicted octanol–water partition coefficient (Wildman–Crippen LogP) is 4.40. The molecule has 2 unspecified atom stereocenters. The van der Waals surface area contributed by atoms with Crippen LogP contribution < -0.4 is 0 Å². The fraction of sp³-hybridized carbons (Fsp3) is 0.478. The van der Waals surface area contributed by atoms with Crippen molar-refractivity contribution in [3.63, 3.8) is 0 Å². The molecule has 0 heterocycles. The number of likely N-dealkylation sites (N-methyl/N-ethyl adjacent to an activating group) is 1. The normalized spacial score (nSPS) is 25.4. The van der Waals surface area contributed by atoms with Crippen molar-refractivity contribution in [3.8, 4) is 0 Å². The molecular weight excluding hydrogens is 306 g/mol. The lowest BCUT2D eigenvalue weighted by Gasteiger charge is -2.45. The highest BCUT2D eigenvalue weighted by atomic mass is 16.5. The van der Waals surface area contributed by atoms with Gasteiger partial charge in [-0.15, -0.1) is 0 Å². The Labute approximate surface area is 152 Å². The van der Waals surface area contributed by atoms with Gasteiger partial charge in [0.05, 0.1) is 34.4 Å². The fourth-order valence-electron chi connectivity index (χ4n) is 4.54. The molecule has 25 heavy (non-hydrogen) atoms. The number of hydrogen-bond acceptors (Lipinski definition) is 1. The zero-order valence-corrected chi connectivity index (χ0v) is 15.9. The highest BCUT2D eigenvalue weighted by Gasteiger charge is 2.43. The molecule has 132 valence electrons. The molecule has 0 saturated carbocycles. The minimum Gasteiger partial charge on any atom is -0.375 e. The highest BCUT2D eigenvalue weighted by Crippen LogP contribution is 2.55. The van der Waals surface area contributed by atoms with Crippen LogP contribution in [-0.4, -0.2) is 44.9 Å². The summed E-state index contributed by atoms with van der Waals surface area (Å²) in [4.78, 5) is 0. The van der Waals surface area contributed by atoms with E-state index >= 15 is 0 Å². The van der Waals surface area contributed by atoms with E-state index < -0.39 is 0 Å². The number of quaternary nitrogens is 1. The molecule has 0 aliphatic heterocycles. The molecule has 2 aromatic rings. The van der Waals surface area contributed by atoms with Crippen molar-refractivity contribution in [2.75, 3.05) is 34.4 Å². The lowest BCUT2D eigenvalue weighted by molar-refractivity contribution is -0.894. The Kier molecular flexibility index (Phi) is 4.21. The SMILES string of the molecule is CC(COCC1CC2c3ccccc3C1c1ccccc12)[N+](C)(C)C. The Morgan fingerprint density at radius 2 is 1.44 bits per heavy atom. The van der Waals surface area contributed by atoms with E-state index in [1.165, 1.54) is 17.5 Å². The van der Waals surface area contributed by atoms with Crippen LogP contribution in [0.5, 0.6) is 0 Å². The van der Waals surface area contributed by atoms with Gasteiger partial charge in [0, 0.05) is 11.8 Å². The van der Waals surface area contributed by atoms with Gasteiger partial charge in [-0.3, -0.25) is 0 Å². The van der Waals surface area contributed by atoms with Crippen LogP contribution in [0.15, 0.2) is 48.5 Å². The summed E-state index contributed by atoms with van der Waals surface area (Å²) in [6, 6.07) is 18.6. The fourth-order valence-corrected chi connectivity index (χ4v) is 4.54. The minimum absolute atomic E-state index is 0.497. The van der Waals surface area contributed by atoms with Crippen LogP contribution in [0.2, 0.25) is 0 Å². The van der Waals surface area contributed by atoms with E-state index in [9.17, 15) is 0 Å². The molecule has 2 atom stereocenters. The summed E-state index contributed by atoms with van der Waals surface area (Å²) in [7, 11) is 6.72. The molecule has 0 aromatic heterocycles. The molecule has 0 radical (unpaired) electrons. The smallest absolute Gasteiger partial charge is 0.109 e. The second kappa shape index (κ2) is 6.26. The summed E-state index contributed by atoms with van der Waals surface area (Å²) in [5.41, 5.74) is 6.15. The Bertz CT molecular complexity index is 713. The third-order valence-electron chi connectivity index (χ3n) is 6.44. The van der Waals surface area contributed by atoms with Gasteiger partial charge >= 0.3 is 0 Å². The average molecular weight is 336 g/mol. The van der Waals surface area contributed by atoms with Gasteiger partial charge in [0.15, 0.2) is 0 Å². The topological polar surface area (TPSA) is 9.23 Å². The van der Waals surface area contributed by atoms with Crippen molar-refractivity contribution in [2.45, 2.75) is 31.2 Å². The lowest BCUT2D eigenvalue weighted by atomic mass is 9.59. The number of hydrogen-bond donors (Lipinski definition) is 0. The second-order valence-corrected chi connectivity index (χ2v) is 8.79. The van der Waals surface area contributed by atoms with Gasteiger partial charge < -0.3 is 9.22 Å². The number of fused-ring (bicyclic) bond motifs is 1. The van der Waals surface area contributed by atoms with Crippen LogP contribution in [-0.2, 0) is 4.74 Å². The third-order valence-corrected chi connectivity index (χ3v) is 6.44. The van der Waals surface area contributed by atoms with Crippen LogP contribution in [0.3, 0.4) is 0 Å². The van der Waals surface area contributed by atoms with Crippen molar-refractivity contribution in [1.82, 2.24) is 0 Å². The Balaban J connectivity index is 1.57. The molecule has 0 N–H and O–H groups in total. The molecule has 0 amide bonds. The van der Waals surface area contributed by atoms with Crippen LogP contribution in [0.4, 0.5) is 0 Å².